The van der Waals surface area contributed by atoms with Crippen LogP contribution in [0.25, 0.3) is 22.0 Å². The van der Waals surface area contributed by atoms with E-state index in [0.29, 0.717) is 6.42 Å². The van der Waals surface area contributed by atoms with Crippen LogP contribution < -0.4 is 5.32 Å². The van der Waals surface area contributed by atoms with Gasteiger partial charge in [-0.2, -0.15) is 0 Å². The highest BCUT2D eigenvalue weighted by Crippen LogP contribution is 2.25. The summed E-state index contributed by atoms with van der Waals surface area (Å²) < 4.78 is 0. The number of unbranched alkanes of at least 4 members (excludes halogenated alkanes) is 4. The topological polar surface area (TPSA) is 65.1 Å². The van der Waals surface area contributed by atoms with Crippen LogP contribution in [-0.4, -0.2) is 29.0 Å². The summed E-state index contributed by atoms with van der Waals surface area (Å²) >= 11 is 0. The van der Waals surface area contributed by atoms with Crippen LogP contribution in [0.1, 0.15) is 38.5 Å². The molecule has 0 fully saturated rings. The molecule has 0 aliphatic rings. The second kappa shape index (κ2) is 9.93. The summed E-state index contributed by atoms with van der Waals surface area (Å²) in [4.78, 5) is 14.3. The summed E-state index contributed by atoms with van der Waals surface area (Å²) in [6.07, 6.45) is 7.86. The average Bonchev–Trinajstić information content (AvgIpc) is 3.18. The number of carbonyl (C=O) groups is 1. The first-order valence-corrected chi connectivity index (χ1v) is 9.80. The number of anilines is 1. The number of fused-ring (bicyclic) bond motifs is 1. The van der Waals surface area contributed by atoms with Crippen LogP contribution in [0.2, 0.25) is 0 Å². The molecule has 27 heavy (non-hydrogen) atoms. The van der Waals surface area contributed by atoms with Gasteiger partial charge in [0.2, 0.25) is 0 Å². The molecule has 0 bridgehead atoms. The van der Waals surface area contributed by atoms with Crippen LogP contribution in [0, 0.1) is 0 Å². The van der Waals surface area contributed by atoms with Crippen molar-refractivity contribution in [1.29, 1.82) is 0 Å². The molecule has 3 aromatic rings. The van der Waals surface area contributed by atoms with E-state index >= 15 is 0 Å². The van der Waals surface area contributed by atoms with Gasteiger partial charge in [0, 0.05) is 30.4 Å². The maximum atomic E-state index is 11.0. The highest BCUT2D eigenvalue weighted by Gasteiger charge is 2.01. The molecule has 1 heterocycles. The fraction of sp³-hybridized carbons (Fsp3) is 0.348. The Balaban J connectivity index is 1.37. The Kier molecular flexibility index (Phi) is 7.05. The highest BCUT2D eigenvalue weighted by molar-refractivity contribution is 5.85. The smallest absolute Gasteiger partial charge is 0.158 e. The number of aliphatic hydroxyl groups excluding tert-OH is 1. The summed E-state index contributed by atoms with van der Waals surface area (Å²) in [5.41, 5.74) is 4.74. The van der Waals surface area contributed by atoms with Crippen molar-refractivity contribution in [1.82, 2.24) is 4.98 Å². The van der Waals surface area contributed by atoms with Crippen LogP contribution in [0.15, 0.2) is 54.7 Å². The van der Waals surface area contributed by atoms with Crippen LogP contribution in [0.4, 0.5) is 5.69 Å². The monoisotopic (exact) mass is 364 g/mol. The number of nitrogens with one attached hydrogen (secondary N) is 2. The van der Waals surface area contributed by atoms with E-state index < -0.39 is 0 Å². The Morgan fingerprint density at radius 3 is 2.44 bits per heavy atom. The lowest BCUT2D eigenvalue weighted by Crippen LogP contribution is -2.03. The Morgan fingerprint density at radius 1 is 0.889 bits per heavy atom. The molecule has 0 saturated carbocycles. The number of benzene rings is 2. The Labute approximate surface area is 160 Å². The molecular weight excluding hydrogens is 336 g/mol. The zero-order valence-corrected chi connectivity index (χ0v) is 15.7. The molecule has 4 nitrogen and oxygen atoms in total. The van der Waals surface area contributed by atoms with Crippen molar-refractivity contribution in [2.75, 3.05) is 18.5 Å². The van der Waals surface area contributed by atoms with E-state index in [1.165, 1.54) is 16.5 Å². The molecule has 0 spiro atoms. The second-order valence-corrected chi connectivity index (χ2v) is 7.00. The van der Waals surface area contributed by atoms with Crippen molar-refractivity contribution in [2.45, 2.75) is 38.5 Å². The number of hydrogen-bond acceptors (Lipinski definition) is 3. The Morgan fingerprint density at radius 2 is 1.63 bits per heavy atom. The largest absolute Gasteiger partial charge is 0.389 e. The van der Waals surface area contributed by atoms with Crippen molar-refractivity contribution in [3.63, 3.8) is 0 Å². The number of H-pyrrole nitrogens is 1. The molecule has 0 atom stereocenters. The van der Waals surface area contributed by atoms with Crippen molar-refractivity contribution < 1.29 is 9.90 Å². The number of rotatable bonds is 11. The van der Waals surface area contributed by atoms with E-state index in [-0.39, 0.29) is 12.4 Å². The fourth-order valence-electron chi connectivity index (χ4n) is 3.30. The molecule has 3 rings (SSSR count). The quantitative estimate of drug-likeness (QED) is 0.412. The van der Waals surface area contributed by atoms with E-state index in [2.05, 4.69) is 58.8 Å². The van der Waals surface area contributed by atoms with E-state index in [4.69, 9.17) is 5.11 Å². The molecule has 3 N–H and O–H groups in total. The molecule has 2 aromatic carbocycles. The van der Waals surface area contributed by atoms with Crippen molar-refractivity contribution >= 4 is 22.4 Å². The number of ketones is 1. The van der Waals surface area contributed by atoms with Gasteiger partial charge in [-0.25, -0.2) is 0 Å². The zero-order chi connectivity index (χ0) is 18.9. The standard InChI is InChI=1S/C23H28N2O2/c26-17-22(27)6-4-2-1-3-5-14-24-21-11-9-18(10-12-21)20-8-7-19-13-15-25-23(19)16-20/h7-13,15-16,24-26H,1-6,14,17H2. The predicted molar refractivity (Wildman–Crippen MR) is 112 cm³/mol. The molecule has 0 radical (unpaired) electrons. The van der Waals surface area contributed by atoms with Crippen LogP contribution in [0.5, 0.6) is 0 Å². The molecule has 0 saturated heterocycles. The predicted octanol–water partition coefficient (Wildman–Crippen LogP) is 5.15. The summed E-state index contributed by atoms with van der Waals surface area (Å²) in [6.45, 7) is 0.645. The van der Waals surface area contributed by atoms with Gasteiger partial charge in [0.1, 0.15) is 6.61 Å². The molecule has 4 heteroatoms. The minimum Gasteiger partial charge on any atom is -0.389 e. The number of aliphatic hydroxyl groups is 1. The fourth-order valence-corrected chi connectivity index (χ4v) is 3.30. The lowest BCUT2D eigenvalue weighted by Gasteiger charge is -2.08. The van der Waals surface area contributed by atoms with Gasteiger partial charge in [0.05, 0.1) is 0 Å². The normalized spacial score (nSPS) is 11.0. The van der Waals surface area contributed by atoms with Gasteiger partial charge >= 0.3 is 0 Å². The van der Waals surface area contributed by atoms with Crippen molar-refractivity contribution in [3.05, 3.63) is 54.7 Å². The van der Waals surface area contributed by atoms with Gasteiger partial charge < -0.3 is 15.4 Å². The SMILES string of the molecule is O=C(CO)CCCCCCCNc1ccc(-c2ccc3cc[nH]c3c2)cc1. The third-order valence-corrected chi connectivity index (χ3v) is 4.91. The summed E-state index contributed by atoms with van der Waals surface area (Å²) in [7, 11) is 0. The lowest BCUT2D eigenvalue weighted by atomic mass is 10.0. The number of carbonyl (C=O) groups excluding carboxylic acids is 1. The lowest BCUT2D eigenvalue weighted by molar-refractivity contribution is -0.121. The number of hydrogen-bond donors (Lipinski definition) is 3. The third kappa shape index (κ3) is 5.69. The van der Waals surface area contributed by atoms with Crippen LogP contribution >= 0.6 is 0 Å². The van der Waals surface area contributed by atoms with Gasteiger partial charge in [-0.3, -0.25) is 4.79 Å². The third-order valence-electron chi connectivity index (χ3n) is 4.91. The Hall–Kier alpha value is -2.59. The molecule has 0 aliphatic heterocycles. The summed E-state index contributed by atoms with van der Waals surface area (Å²) in [6, 6.07) is 17.2. The molecule has 142 valence electrons. The van der Waals surface area contributed by atoms with Crippen molar-refractivity contribution in [3.8, 4) is 11.1 Å². The molecule has 0 amide bonds. The van der Waals surface area contributed by atoms with Gasteiger partial charge in [-0.15, -0.1) is 0 Å². The summed E-state index contributed by atoms with van der Waals surface area (Å²) in [5.74, 6) is -0.0482. The Bertz CT molecular complexity index is 852. The van der Waals surface area contributed by atoms with Crippen molar-refractivity contribution in [2.24, 2.45) is 0 Å². The highest BCUT2D eigenvalue weighted by atomic mass is 16.3. The van der Waals surface area contributed by atoms with Crippen LogP contribution in [-0.2, 0) is 4.79 Å². The summed E-state index contributed by atoms with van der Waals surface area (Å²) in [5, 5.41) is 13.4. The first-order valence-electron chi connectivity index (χ1n) is 9.80. The molecule has 1 aromatic heterocycles. The molecular formula is C23H28N2O2. The minimum atomic E-state index is -0.316. The number of Topliss-reactive ketones (excluding diaryl/α,β-unsaturated/α-hetero) is 1. The van der Waals surface area contributed by atoms with E-state index in [0.717, 1.165) is 49.9 Å². The zero-order valence-electron chi connectivity index (χ0n) is 15.7. The van der Waals surface area contributed by atoms with Gasteiger partial charge in [0.15, 0.2) is 5.78 Å². The van der Waals surface area contributed by atoms with Gasteiger partial charge in [0.25, 0.3) is 0 Å². The van der Waals surface area contributed by atoms with Crippen LogP contribution in [0.3, 0.4) is 0 Å². The van der Waals surface area contributed by atoms with E-state index in [1.807, 2.05) is 6.20 Å². The number of aromatic nitrogens is 1. The minimum absolute atomic E-state index is 0.0482. The molecule has 0 aliphatic carbocycles. The molecule has 0 unspecified atom stereocenters. The maximum Gasteiger partial charge on any atom is 0.158 e. The van der Waals surface area contributed by atoms with E-state index in [9.17, 15) is 4.79 Å². The first-order chi connectivity index (χ1) is 13.3. The first kappa shape index (κ1) is 19.2. The average molecular weight is 364 g/mol. The van der Waals surface area contributed by atoms with Gasteiger partial charge in [-0.1, -0.05) is 43.5 Å². The van der Waals surface area contributed by atoms with E-state index in [1.54, 1.807) is 0 Å². The second-order valence-electron chi connectivity index (χ2n) is 7.00. The maximum absolute atomic E-state index is 11.0. The number of aromatic amines is 1. The van der Waals surface area contributed by atoms with Gasteiger partial charge in [-0.05, 0) is 53.6 Å².